The minimum Gasteiger partial charge on any atom is -0.497 e. The lowest BCUT2D eigenvalue weighted by molar-refractivity contribution is 0.390. The average molecular weight is 374 g/mol. The van der Waals surface area contributed by atoms with Gasteiger partial charge < -0.3 is 20.1 Å². The first-order valence-corrected chi connectivity index (χ1v) is 9.78. The molecule has 0 aliphatic heterocycles. The molecule has 0 unspecified atom stereocenters. The molecule has 0 spiro atoms. The zero-order valence-corrected chi connectivity index (χ0v) is 16.7. The van der Waals surface area contributed by atoms with E-state index in [1.54, 1.807) is 26.0 Å². The second-order valence-corrected chi connectivity index (χ2v) is 6.45. The van der Waals surface area contributed by atoms with E-state index in [-0.39, 0.29) is 0 Å². The zero-order valence-electron chi connectivity index (χ0n) is 15.8. The summed E-state index contributed by atoms with van der Waals surface area (Å²) in [7, 11) is 3.31. The van der Waals surface area contributed by atoms with Crippen molar-refractivity contribution in [3.63, 3.8) is 0 Å². The molecule has 2 N–H and O–H groups in total. The minimum absolute atomic E-state index is 0.615. The van der Waals surface area contributed by atoms with Gasteiger partial charge in [0.2, 0.25) is 0 Å². The first kappa shape index (κ1) is 20.0. The summed E-state index contributed by atoms with van der Waals surface area (Å²) in [5.41, 5.74) is 2.23. The van der Waals surface area contributed by atoms with Gasteiger partial charge in [-0.05, 0) is 43.0 Å². The summed E-state index contributed by atoms with van der Waals surface area (Å²) in [6.07, 6.45) is 2.08. The van der Waals surface area contributed by atoms with Crippen molar-refractivity contribution in [3.8, 4) is 11.5 Å². The number of nitrogens with zero attached hydrogens (tertiary/aromatic N) is 1. The van der Waals surface area contributed by atoms with Crippen molar-refractivity contribution in [2.24, 2.45) is 4.99 Å². The molecule has 2 rings (SSSR count). The van der Waals surface area contributed by atoms with E-state index in [1.165, 1.54) is 10.5 Å². The van der Waals surface area contributed by atoms with Crippen LogP contribution in [0.2, 0.25) is 0 Å². The van der Waals surface area contributed by atoms with E-state index >= 15 is 0 Å². The number of thioether (sulfide) groups is 1. The van der Waals surface area contributed by atoms with Gasteiger partial charge in [0.25, 0.3) is 0 Å². The van der Waals surface area contributed by atoms with Crippen molar-refractivity contribution in [2.45, 2.75) is 24.9 Å². The van der Waals surface area contributed by atoms with E-state index in [0.29, 0.717) is 13.1 Å². The van der Waals surface area contributed by atoms with Gasteiger partial charge in [0, 0.05) is 29.6 Å². The summed E-state index contributed by atoms with van der Waals surface area (Å²) in [6.45, 7) is 4.10. The van der Waals surface area contributed by atoms with Crippen LogP contribution in [0.1, 0.15) is 18.1 Å². The highest BCUT2D eigenvalue weighted by molar-refractivity contribution is 7.98. The third-order valence-corrected chi connectivity index (χ3v) is 4.61. The maximum absolute atomic E-state index is 5.45. The number of guanidine groups is 1. The van der Waals surface area contributed by atoms with Gasteiger partial charge in [-0.3, -0.25) is 0 Å². The summed E-state index contributed by atoms with van der Waals surface area (Å²) < 4.78 is 10.7. The normalized spacial score (nSPS) is 11.2. The van der Waals surface area contributed by atoms with Gasteiger partial charge in [-0.25, -0.2) is 4.99 Å². The molecule has 0 bridgehead atoms. The Morgan fingerprint density at radius 3 is 2.42 bits per heavy atom. The van der Waals surface area contributed by atoms with Crippen LogP contribution in [0.5, 0.6) is 11.5 Å². The average Bonchev–Trinajstić information content (AvgIpc) is 2.70. The van der Waals surface area contributed by atoms with E-state index in [1.807, 2.05) is 18.2 Å². The van der Waals surface area contributed by atoms with Gasteiger partial charge in [0.05, 0.1) is 20.8 Å². The van der Waals surface area contributed by atoms with Crippen LogP contribution >= 0.6 is 11.8 Å². The smallest absolute Gasteiger partial charge is 0.191 e. The fourth-order valence-electron chi connectivity index (χ4n) is 2.42. The number of methoxy groups -OCH3 is 2. The van der Waals surface area contributed by atoms with Gasteiger partial charge in [0.15, 0.2) is 5.96 Å². The predicted octanol–water partition coefficient (Wildman–Crippen LogP) is 3.68. The molecule has 2 aromatic carbocycles. The Hall–Kier alpha value is -2.34. The molecule has 0 amide bonds. The van der Waals surface area contributed by atoms with E-state index < -0.39 is 0 Å². The van der Waals surface area contributed by atoms with Gasteiger partial charge in [-0.2, -0.15) is 0 Å². The number of hydrogen-bond acceptors (Lipinski definition) is 4. The quantitative estimate of drug-likeness (QED) is 0.420. The maximum Gasteiger partial charge on any atom is 0.191 e. The van der Waals surface area contributed by atoms with E-state index in [0.717, 1.165) is 29.6 Å². The first-order valence-electron chi connectivity index (χ1n) is 8.56. The molecule has 0 atom stereocenters. The maximum atomic E-state index is 5.45. The Morgan fingerprint density at radius 1 is 1.04 bits per heavy atom. The van der Waals surface area contributed by atoms with Gasteiger partial charge in [-0.15, -0.1) is 11.8 Å². The molecule has 0 radical (unpaired) electrons. The molecule has 0 saturated heterocycles. The lowest BCUT2D eigenvalue weighted by Crippen LogP contribution is -2.36. The lowest BCUT2D eigenvalue weighted by atomic mass is 10.2. The third kappa shape index (κ3) is 5.88. The van der Waals surface area contributed by atoms with Crippen LogP contribution in [-0.4, -0.2) is 33.0 Å². The van der Waals surface area contributed by atoms with Crippen molar-refractivity contribution < 1.29 is 9.47 Å². The molecule has 140 valence electrons. The standard InChI is InChI=1S/C20H27N3O2S/c1-5-21-20(22-13-15-6-10-18(26-4)11-7-15)23-14-16-8-9-17(24-2)12-19(16)25-3/h6-12H,5,13-14H2,1-4H3,(H2,21,22,23). The Balaban J connectivity index is 2.02. The molecule has 5 nitrogen and oxygen atoms in total. The lowest BCUT2D eigenvalue weighted by Gasteiger charge is -2.14. The summed E-state index contributed by atoms with van der Waals surface area (Å²) >= 11 is 1.74. The zero-order chi connectivity index (χ0) is 18.8. The molecule has 0 aliphatic carbocycles. The number of aliphatic imine (C=N–C) groups is 1. The second-order valence-electron chi connectivity index (χ2n) is 5.57. The van der Waals surface area contributed by atoms with Crippen molar-refractivity contribution in [2.75, 3.05) is 27.0 Å². The van der Waals surface area contributed by atoms with Crippen LogP contribution in [0.4, 0.5) is 0 Å². The SMILES string of the molecule is CCNC(=NCc1ccc(SC)cc1)NCc1ccc(OC)cc1OC. The molecule has 26 heavy (non-hydrogen) atoms. The Bertz CT molecular complexity index is 717. The fourth-order valence-corrected chi connectivity index (χ4v) is 2.83. The van der Waals surface area contributed by atoms with E-state index in [9.17, 15) is 0 Å². The number of nitrogens with one attached hydrogen (secondary N) is 2. The molecular weight excluding hydrogens is 346 g/mol. The van der Waals surface area contributed by atoms with E-state index in [2.05, 4.69) is 53.1 Å². The predicted molar refractivity (Wildman–Crippen MR) is 109 cm³/mol. The summed E-state index contributed by atoms with van der Waals surface area (Å²) in [5, 5.41) is 6.63. The summed E-state index contributed by atoms with van der Waals surface area (Å²) in [6, 6.07) is 14.3. The molecule has 0 heterocycles. The number of hydrogen-bond donors (Lipinski definition) is 2. The minimum atomic E-state index is 0.615. The monoisotopic (exact) mass is 373 g/mol. The number of ether oxygens (including phenoxy) is 2. The molecule has 0 aromatic heterocycles. The molecule has 0 saturated carbocycles. The van der Waals surface area contributed by atoms with Crippen molar-refractivity contribution in [1.29, 1.82) is 0 Å². The summed E-state index contributed by atoms with van der Waals surface area (Å²) in [5.74, 6) is 2.35. The van der Waals surface area contributed by atoms with E-state index in [4.69, 9.17) is 9.47 Å². The fraction of sp³-hybridized carbons (Fsp3) is 0.350. The van der Waals surface area contributed by atoms with Crippen LogP contribution in [0.3, 0.4) is 0 Å². The molecule has 2 aromatic rings. The third-order valence-electron chi connectivity index (χ3n) is 3.86. The number of rotatable bonds is 8. The van der Waals surface area contributed by atoms with Crippen LogP contribution in [0, 0.1) is 0 Å². The highest BCUT2D eigenvalue weighted by Crippen LogP contribution is 2.24. The number of benzene rings is 2. The van der Waals surface area contributed by atoms with Crippen molar-refractivity contribution in [3.05, 3.63) is 53.6 Å². The van der Waals surface area contributed by atoms with Crippen molar-refractivity contribution in [1.82, 2.24) is 10.6 Å². The Labute approximate surface area is 160 Å². The molecule has 0 fully saturated rings. The van der Waals surface area contributed by atoms with Gasteiger partial charge in [-0.1, -0.05) is 12.1 Å². The first-order chi connectivity index (χ1) is 12.7. The molecule has 6 heteroatoms. The largest absolute Gasteiger partial charge is 0.497 e. The Kier molecular flexibility index (Phi) is 8.15. The summed E-state index contributed by atoms with van der Waals surface area (Å²) in [4.78, 5) is 5.92. The van der Waals surface area contributed by atoms with Crippen LogP contribution in [0.25, 0.3) is 0 Å². The van der Waals surface area contributed by atoms with Gasteiger partial charge in [0.1, 0.15) is 11.5 Å². The highest BCUT2D eigenvalue weighted by atomic mass is 32.2. The molecular formula is C20H27N3O2S. The van der Waals surface area contributed by atoms with Crippen LogP contribution in [0.15, 0.2) is 52.4 Å². The molecule has 0 aliphatic rings. The van der Waals surface area contributed by atoms with Crippen LogP contribution in [-0.2, 0) is 13.1 Å². The van der Waals surface area contributed by atoms with Crippen LogP contribution < -0.4 is 20.1 Å². The topological polar surface area (TPSA) is 54.9 Å². The highest BCUT2D eigenvalue weighted by Gasteiger charge is 2.06. The van der Waals surface area contributed by atoms with Gasteiger partial charge >= 0.3 is 0 Å². The second kappa shape index (κ2) is 10.6. The van der Waals surface area contributed by atoms with Crippen molar-refractivity contribution >= 4 is 17.7 Å². The Morgan fingerprint density at radius 2 is 1.81 bits per heavy atom.